The molecule has 0 spiro atoms. The Kier molecular flexibility index (Phi) is 7.76. The molecule has 310 valence electrons. The van der Waals surface area contributed by atoms with E-state index in [0.717, 1.165) is 35.1 Å². The fourth-order valence-corrected chi connectivity index (χ4v) is 17.4. The van der Waals surface area contributed by atoms with Gasteiger partial charge >= 0.3 is 6.85 Å². The Hall–Kier alpha value is -6.76. The van der Waals surface area contributed by atoms with Crippen LogP contribution in [-0.2, 0) is 10.8 Å². The first-order valence-corrected chi connectivity index (χ1v) is 24.9. The van der Waals surface area contributed by atoms with Gasteiger partial charge in [-0.05, 0) is 133 Å². The molecule has 0 amide bonds. The molecule has 4 heterocycles. The van der Waals surface area contributed by atoms with Gasteiger partial charge in [0.2, 0.25) is 0 Å². The molecule has 8 aromatic carbocycles. The highest BCUT2D eigenvalue weighted by Crippen LogP contribution is 2.54. The van der Waals surface area contributed by atoms with Crippen molar-refractivity contribution in [2.75, 3.05) is 9.71 Å². The Morgan fingerprint density at radius 2 is 1.09 bits per heavy atom. The van der Waals surface area contributed by atoms with Gasteiger partial charge in [0.1, 0.15) is 0 Å². The van der Waals surface area contributed by atoms with Crippen LogP contribution in [0.15, 0.2) is 164 Å². The largest absolute Gasteiger partial charge is 0.450 e. The molecule has 64 heavy (non-hydrogen) atoms. The lowest BCUT2D eigenvalue weighted by Crippen LogP contribution is -2.79. The fourth-order valence-electron chi connectivity index (χ4n) is 12.3. The van der Waals surface area contributed by atoms with Gasteiger partial charge in [-0.3, -0.25) is 0 Å². The van der Waals surface area contributed by atoms with Crippen molar-refractivity contribution in [3.63, 3.8) is 0 Å². The second-order valence-corrected chi connectivity index (χ2v) is 23.7. The molecule has 6 heteroatoms. The number of anilines is 5. The van der Waals surface area contributed by atoms with Crippen LogP contribution in [0.2, 0.25) is 0 Å². The minimum absolute atomic E-state index is 0.0394. The standard InChI is InChI=1S/C58H49BN2O2Si/c1-36-30-41-40-22-17-27-54-56(40)61(45-23-13-16-26-53(45)64(54,38-18-9-7-10-19-38)39-20-11-8-12-21-39)59-44-34-51-52(63-50-25-15-14-24-49(50)62-51)35-47(44)60(48(31-36)55(41)59)46-33-43-42(32-37(46)2)57(3,4)28-29-58(43,5)6/h7-27,30-35H,28-29H2,1-6H3. The van der Waals surface area contributed by atoms with Crippen LogP contribution < -0.4 is 50.9 Å². The molecule has 0 saturated heterocycles. The fraction of sp³-hybridized carbons (Fsp3) is 0.172. The SMILES string of the molecule is Cc1cc2c3c(c1)N(c1cc4c(cc1C)C(C)(C)CCC4(C)C)c1cc4c(cc1B3N1c3ccccc3[Si](c3ccccc3)(c3ccccc3)c3cccc-2c31)Oc1ccccc1O4. The maximum Gasteiger partial charge on any atom is 0.333 e. The van der Waals surface area contributed by atoms with E-state index >= 15 is 0 Å². The van der Waals surface area contributed by atoms with Crippen LogP contribution in [0, 0.1) is 13.8 Å². The summed E-state index contributed by atoms with van der Waals surface area (Å²) in [5.74, 6) is 2.93. The second kappa shape index (κ2) is 13.2. The third kappa shape index (κ3) is 5.00. The normalized spacial score (nSPS) is 17.0. The van der Waals surface area contributed by atoms with Crippen LogP contribution in [-0.4, -0.2) is 14.9 Å². The van der Waals surface area contributed by atoms with Gasteiger partial charge < -0.3 is 19.2 Å². The molecular weight excluding hydrogens is 796 g/mol. The number of hydrogen-bond acceptors (Lipinski definition) is 4. The van der Waals surface area contributed by atoms with E-state index in [0.29, 0.717) is 0 Å². The Morgan fingerprint density at radius 1 is 0.500 bits per heavy atom. The third-order valence-electron chi connectivity index (χ3n) is 15.4. The highest BCUT2D eigenvalue weighted by Gasteiger charge is 2.55. The van der Waals surface area contributed by atoms with Crippen molar-refractivity contribution in [2.24, 2.45) is 0 Å². The summed E-state index contributed by atoms with van der Waals surface area (Å²) in [5.41, 5.74) is 16.8. The topological polar surface area (TPSA) is 24.9 Å². The molecule has 1 aliphatic carbocycles. The molecule has 4 aliphatic heterocycles. The van der Waals surface area contributed by atoms with Crippen molar-refractivity contribution in [1.82, 2.24) is 0 Å². The van der Waals surface area contributed by atoms with Crippen molar-refractivity contribution in [2.45, 2.75) is 65.2 Å². The van der Waals surface area contributed by atoms with E-state index in [2.05, 4.69) is 191 Å². The van der Waals surface area contributed by atoms with E-state index in [-0.39, 0.29) is 17.7 Å². The zero-order valence-electron chi connectivity index (χ0n) is 37.3. The second-order valence-electron chi connectivity index (χ2n) is 20.0. The molecule has 0 fully saturated rings. The van der Waals surface area contributed by atoms with Gasteiger partial charge in [0.25, 0.3) is 0 Å². The molecule has 8 aromatic rings. The number of rotatable bonds is 3. The zero-order valence-corrected chi connectivity index (χ0v) is 38.3. The van der Waals surface area contributed by atoms with Crippen LogP contribution >= 0.6 is 0 Å². The predicted molar refractivity (Wildman–Crippen MR) is 269 cm³/mol. The Morgan fingerprint density at radius 3 is 1.78 bits per heavy atom. The van der Waals surface area contributed by atoms with Crippen molar-refractivity contribution in [3.05, 3.63) is 186 Å². The van der Waals surface area contributed by atoms with E-state index in [1.807, 2.05) is 24.3 Å². The number of aryl methyl sites for hydroxylation is 2. The highest BCUT2D eigenvalue weighted by atomic mass is 28.3. The van der Waals surface area contributed by atoms with E-state index in [4.69, 9.17) is 9.47 Å². The minimum atomic E-state index is -2.87. The van der Waals surface area contributed by atoms with Crippen molar-refractivity contribution in [1.29, 1.82) is 0 Å². The smallest absolute Gasteiger partial charge is 0.333 e. The number of benzene rings is 8. The Bertz CT molecular complexity index is 3250. The first kappa shape index (κ1) is 37.8. The average Bonchev–Trinajstić information content (AvgIpc) is 3.31. The maximum absolute atomic E-state index is 6.82. The van der Waals surface area contributed by atoms with Gasteiger partial charge in [0.15, 0.2) is 31.1 Å². The van der Waals surface area contributed by atoms with Crippen LogP contribution in [0.4, 0.5) is 28.4 Å². The van der Waals surface area contributed by atoms with Gasteiger partial charge in [-0.1, -0.05) is 149 Å². The molecule has 0 radical (unpaired) electrons. The molecule has 0 N–H and O–H groups in total. The van der Waals surface area contributed by atoms with Crippen LogP contribution in [0.1, 0.15) is 62.8 Å². The summed E-state index contributed by atoms with van der Waals surface area (Å²) >= 11 is 0. The van der Waals surface area contributed by atoms with E-state index < -0.39 is 8.07 Å². The number of ether oxygens (including phenoxy) is 2. The summed E-state index contributed by atoms with van der Waals surface area (Å²) in [7, 11) is -2.87. The number of nitrogens with zero attached hydrogens (tertiary/aromatic N) is 2. The lowest BCUT2D eigenvalue weighted by atomic mass is 9.43. The predicted octanol–water partition coefficient (Wildman–Crippen LogP) is 10.9. The molecule has 0 saturated carbocycles. The molecule has 4 nitrogen and oxygen atoms in total. The summed E-state index contributed by atoms with van der Waals surface area (Å²) < 4.78 is 13.6. The molecule has 0 aromatic heterocycles. The monoisotopic (exact) mass is 844 g/mol. The number of para-hydroxylation sites is 4. The lowest BCUT2D eigenvalue weighted by Gasteiger charge is -2.52. The van der Waals surface area contributed by atoms with Gasteiger partial charge in [0.05, 0.1) is 0 Å². The third-order valence-corrected chi connectivity index (χ3v) is 20.2. The maximum atomic E-state index is 6.82. The van der Waals surface area contributed by atoms with Gasteiger partial charge in [-0.2, -0.15) is 0 Å². The Labute approximate surface area is 377 Å². The molecule has 0 atom stereocenters. The molecule has 0 unspecified atom stereocenters. The van der Waals surface area contributed by atoms with Crippen molar-refractivity contribution in [3.8, 4) is 34.1 Å². The quantitative estimate of drug-likeness (QED) is 0.165. The summed E-state index contributed by atoms with van der Waals surface area (Å²) in [4.78, 5) is 5.29. The van der Waals surface area contributed by atoms with Crippen molar-refractivity contribution < 1.29 is 9.47 Å². The first-order valence-electron chi connectivity index (χ1n) is 22.9. The van der Waals surface area contributed by atoms with E-state index in [9.17, 15) is 0 Å². The minimum Gasteiger partial charge on any atom is -0.450 e. The lowest BCUT2D eigenvalue weighted by molar-refractivity contribution is 0.332. The molecule has 5 aliphatic rings. The molecule has 13 rings (SSSR count). The van der Waals surface area contributed by atoms with E-state index in [1.54, 1.807) is 0 Å². The van der Waals surface area contributed by atoms with Gasteiger partial charge in [0, 0.05) is 40.1 Å². The number of hydrogen-bond donors (Lipinski definition) is 0. The van der Waals surface area contributed by atoms with Crippen molar-refractivity contribution >= 4 is 75.0 Å². The first-order chi connectivity index (χ1) is 31.0. The zero-order chi connectivity index (χ0) is 43.3. The molecule has 0 bridgehead atoms. The van der Waals surface area contributed by atoms with Crippen LogP contribution in [0.3, 0.4) is 0 Å². The summed E-state index contributed by atoms with van der Waals surface area (Å²) in [6.45, 7) is 14.1. The van der Waals surface area contributed by atoms with Crippen LogP contribution in [0.5, 0.6) is 23.0 Å². The number of fused-ring (bicyclic) bond motifs is 9. The summed E-state index contributed by atoms with van der Waals surface area (Å²) in [6, 6.07) is 61.7. The summed E-state index contributed by atoms with van der Waals surface area (Å²) in [6.07, 6.45) is 2.32. The van der Waals surface area contributed by atoms with Gasteiger partial charge in [-0.15, -0.1) is 0 Å². The highest BCUT2D eigenvalue weighted by molar-refractivity contribution is 7.22. The Balaban J connectivity index is 1.15. The molecular formula is C58H49BN2O2Si. The van der Waals surface area contributed by atoms with Crippen LogP contribution in [0.25, 0.3) is 11.1 Å². The summed E-state index contributed by atoms with van der Waals surface area (Å²) in [5, 5.41) is 5.60. The van der Waals surface area contributed by atoms with Gasteiger partial charge in [-0.25, -0.2) is 0 Å². The average molecular weight is 845 g/mol. The van der Waals surface area contributed by atoms with E-state index in [1.165, 1.54) is 94.2 Å².